The number of carbonyl (C=O) groups excluding carboxylic acids is 1. The monoisotopic (exact) mass is 289 g/mol. The van der Waals surface area contributed by atoms with Gasteiger partial charge in [0, 0.05) is 25.7 Å². The maximum atomic E-state index is 12.5. The zero-order chi connectivity index (χ0) is 14.7. The predicted octanol–water partition coefficient (Wildman–Crippen LogP) is 1.22. The summed E-state index contributed by atoms with van der Waals surface area (Å²) >= 11 is 0. The Morgan fingerprint density at radius 3 is 2.76 bits per heavy atom. The number of anilines is 1. The van der Waals surface area contributed by atoms with Crippen LogP contribution in [-0.4, -0.2) is 64.7 Å². The van der Waals surface area contributed by atoms with Gasteiger partial charge in [-0.3, -0.25) is 9.69 Å². The minimum Gasteiger partial charge on any atom is -0.369 e. The number of carbonyl (C=O) groups is 1. The van der Waals surface area contributed by atoms with Crippen LogP contribution in [0.2, 0.25) is 0 Å². The van der Waals surface area contributed by atoms with E-state index in [9.17, 15) is 4.79 Å². The van der Waals surface area contributed by atoms with E-state index in [1.807, 2.05) is 17.9 Å². The highest BCUT2D eigenvalue weighted by molar-refractivity contribution is 5.92. The molecule has 0 aliphatic carbocycles. The molecule has 0 aromatic carbocycles. The van der Waals surface area contributed by atoms with Gasteiger partial charge in [0.05, 0.1) is 0 Å². The van der Waals surface area contributed by atoms with Crippen LogP contribution in [0.3, 0.4) is 0 Å². The average molecular weight is 289 g/mol. The Labute approximate surface area is 125 Å². The Morgan fingerprint density at radius 2 is 2.10 bits per heavy atom. The number of nitrogens with one attached hydrogen (secondary N) is 1. The first-order chi connectivity index (χ1) is 10.3. The third-order valence-electron chi connectivity index (χ3n) is 4.35. The largest absolute Gasteiger partial charge is 0.369 e. The number of hydrogen-bond donors (Lipinski definition) is 1. The quantitative estimate of drug-likeness (QED) is 0.903. The molecule has 1 aromatic heterocycles. The summed E-state index contributed by atoms with van der Waals surface area (Å²) in [5.74, 6) is 0.720. The van der Waals surface area contributed by atoms with Crippen molar-refractivity contribution in [1.29, 1.82) is 0 Å². The molecular formula is C15H23N5O. The average Bonchev–Trinajstić information content (AvgIpc) is 3.19. The third kappa shape index (κ3) is 3.15. The molecule has 0 bridgehead atoms. The number of likely N-dealkylation sites (tertiary alicyclic amines) is 2. The first-order valence-corrected chi connectivity index (χ1v) is 7.89. The van der Waals surface area contributed by atoms with Crippen LogP contribution in [0.5, 0.6) is 0 Å². The second-order valence-corrected chi connectivity index (χ2v) is 5.77. The first-order valence-electron chi connectivity index (χ1n) is 7.89. The highest BCUT2D eigenvalue weighted by Gasteiger charge is 2.32. The summed E-state index contributed by atoms with van der Waals surface area (Å²) in [6.45, 7) is 6.83. The lowest BCUT2D eigenvalue weighted by Crippen LogP contribution is -2.37. The lowest BCUT2D eigenvalue weighted by molar-refractivity contribution is 0.0773. The molecule has 1 N–H and O–H groups in total. The van der Waals surface area contributed by atoms with Crippen LogP contribution in [0.4, 0.5) is 5.82 Å². The van der Waals surface area contributed by atoms with Gasteiger partial charge in [0.2, 0.25) is 0 Å². The van der Waals surface area contributed by atoms with Crippen LogP contribution < -0.4 is 5.32 Å². The van der Waals surface area contributed by atoms with Crippen LogP contribution in [0.1, 0.15) is 36.7 Å². The van der Waals surface area contributed by atoms with Crippen molar-refractivity contribution in [3.05, 3.63) is 17.8 Å². The van der Waals surface area contributed by atoms with Gasteiger partial charge < -0.3 is 10.2 Å². The van der Waals surface area contributed by atoms with Crippen LogP contribution in [-0.2, 0) is 0 Å². The highest BCUT2D eigenvalue weighted by Crippen LogP contribution is 2.21. The fourth-order valence-corrected chi connectivity index (χ4v) is 3.21. The predicted molar refractivity (Wildman–Crippen MR) is 81.3 cm³/mol. The van der Waals surface area contributed by atoms with Crippen LogP contribution in [0.15, 0.2) is 12.1 Å². The van der Waals surface area contributed by atoms with Gasteiger partial charge in [0.1, 0.15) is 5.82 Å². The molecule has 1 amide bonds. The Bertz CT molecular complexity index is 483. The molecule has 21 heavy (non-hydrogen) atoms. The minimum absolute atomic E-state index is 0.00671. The Morgan fingerprint density at radius 1 is 1.29 bits per heavy atom. The van der Waals surface area contributed by atoms with Crippen molar-refractivity contribution in [3.8, 4) is 0 Å². The maximum absolute atomic E-state index is 12.5. The summed E-state index contributed by atoms with van der Waals surface area (Å²) in [5, 5.41) is 11.2. The van der Waals surface area contributed by atoms with Crippen LogP contribution in [0, 0.1) is 0 Å². The zero-order valence-corrected chi connectivity index (χ0v) is 12.6. The van der Waals surface area contributed by atoms with Gasteiger partial charge in [-0.15, -0.1) is 10.2 Å². The van der Waals surface area contributed by atoms with Crippen molar-refractivity contribution in [2.75, 3.05) is 38.0 Å². The van der Waals surface area contributed by atoms with E-state index in [1.165, 1.54) is 25.9 Å². The van der Waals surface area contributed by atoms with Crippen molar-refractivity contribution >= 4 is 11.7 Å². The van der Waals surface area contributed by atoms with E-state index in [0.29, 0.717) is 17.6 Å². The number of hydrogen-bond acceptors (Lipinski definition) is 5. The molecule has 1 aromatic rings. The fraction of sp³-hybridized carbons (Fsp3) is 0.667. The standard InChI is InChI=1S/C15H23N5O/c1-2-16-14-6-5-13(17-18-14)15(21)20-10-7-12(11-20)19-8-3-4-9-19/h5-6,12H,2-4,7-11H2,1H3,(H,16,18). The SMILES string of the molecule is CCNc1ccc(C(=O)N2CCC(N3CCCC3)C2)nn1. The number of aromatic nitrogens is 2. The lowest BCUT2D eigenvalue weighted by Gasteiger charge is -2.23. The number of rotatable bonds is 4. The Balaban J connectivity index is 1.60. The summed E-state index contributed by atoms with van der Waals surface area (Å²) in [4.78, 5) is 16.9. The minimum atomic E-state index is 0.00671. The molecule has 2 aliphatic rings. The molecule has 114 valence electrons. The molecule has 0 radical (unpaired) electrons. The maximum Gasteiger partial charge on any atom is 0.274 e. The molecular weight excluding hydrogens is 266 g/mol. The summed E-state index contributed by atoms with van der Waals surface area (Å²) in [7, 11) is 0. The molecule has 2 saturated heterocycles. The molecule has 0 spiro atoms. The van der Waals surface area contributed by atoms with E-state index in [-0.39, 0.29) is 5.91 Å². The second-order valence-electron chi connectivity index (χ2n) is 5.77. The summed E-state index contributed by atoms with van der Waals surface area (Å²) < 4.78 is 0. The van der Waals surface area contributed by atoms with Crippen molar-refractivity contribution in [1.82, 2.24) is 20.0 Å². The molecule has 2 fully saturated rings. The van der Waals surface area contributed by atoms with E-state index in [4.69, 9.17) is 0 Å². The van der Waals surface area contributed by atoms with Gasteiger partial charge in [-0.2, -0.15) is 0 Å². The van der Waals surface area contributed by atoms with Crippen molar-refractivity contribution < 1.29 is 4.79 Å². The van der Waals surface area contributed by atoms with Crippen LogP contribution >= 0.6 is 0 Å². The zero-order valence-electron chi connectivity index (χ0n) is 12.6. The molecule has 0 saturated carbocycles. The summed E-state index contributed by atoms with van der Waals surface area (Å²) in [6.07, 6.45) is 3.66. The second kappa shape index (κ2) is 6.39. The topological polar surface area (TPSA) is 61.4 Å². The Hall–Kier alpha value is -1.69. The first kappa shape index (κ1) is 14.3. The fourth-order valence-electron chi connectivity index (χ4n) is 3.21. The third-order valence-corrected chi connectivity index (χ3v) is 4.35. The molecule has 6 nitrogen and oxygen atoms in total. The van der Waals surface area contributed by atoms with E-state index in [1.54, 1.807) is 6.07 Å². The summed E-state index contributed by atoms with van der Waals surface area (Å²) in [5.41, 5.74) is 0.443. The van der Waals surface area contributed by atoms with Gasteiger partial charge >= 0.3 is 0 Å². The van der Waals surface area contributed by atoms with Gasteiger partial charge in [-0.05, 0) is 51.4 Å². The Kier molecular flexibility index (Phi) is 4.34. The van der Waals surface area contributed by atoms with Gasteiger partial charge in [-0.25, -0.2) is 0 Å². The number of amides is 1. The summed E-state index contributed by atoms with van der Waals surface area (Å²) in [6, 6.07) is 4.11. The van der Waals surface area contributed by atoms with Crippen molar-refractivity contribution in [2.45, 2.75) is 32.2 Å². The van der Waals surface area contributed by atoms with E-state index < -0.39 is 0 Å². The van der Waals surface area contributed by atoms with Gasteiger partial charge in [0.25, 0.3) is 5.91 Å². The smallest absolute Gasteiger partial charge is 0.274 e. The van der Waals surface area contributed by atoms with Crippen molar-refractivity contribution in [3.63, 3.8) is 0 Å². The molecule has 3 heterocycles. The molecule has 6 heteroatoms. The van der Waals surface area contributed by atoms with E-state index in [0.717, 1.165) is 26.1 Å². The van der Waals surface area contributed by atoms with Gasteiger partial charge in [0.15, 0.2) is 5.69 Å². The van der Waals surface area contributed by atoms with E-state index in [2.05, 4.69) is 20.4 Å². The lowest BCUT2D eigenvalue weighted by atomic mass is 10.2. The van der Waals surface area contributed by atoms with Crippen molar-refractivity contribution in [2.24, 2.45) is 0 Å². The van der Waals surface area contributed by atoms with Crippen LogP contribution in [0.25, 0.3) is 0 Å². The molecule has 1 atom stereocenters. The molecule has 2 aliphatic heterocycles. The highest BCUT2D eigenvalue weighted by atomic mass is 16.2. The van der Waals surface area contributed by atoms with E-state index >= 15 is 0 Å². The molecule has 3 rings (SSSR count). The van der Waals surface area contributed by atoms with Gasteiger partial charge in [-0.1, -0.05) is 0 Å². The normalized spacial score (nSPS) is 22.7. The number of nitrogens with zero attached hydrogens (tertiary/aromatic N) is 4. The molecule has 1 unspecified atom stereocenters.